The summed E-state index contributed by atoms with van der Waals surface area (Å²) < 4.78 is 11.8. The summed E-state index contributed by atoms with van der Waals surface area (Å²) in [6.07, 6.45) is 3.55. The van der Waals surface area contributed by atoms with Crippen LogP contribution in [0.3, 0.4) is 0 Å². The first-order chi connectivity index (χ1) is 14.7. The maximum Gasteiger partial charge on any atom is 0.410 e. The molecule has 2 aromatic rings. The van der Waals surface area contributed by atoms with Crippen molar-refractivity contribution in [3.8, 4) is 5.19 Å². The summed E-state index contributed by atoms with van der Waals surface area (Å²) in [4.78, 5) is 33.0. The number of piperidine rings is 1. The molecule has 8 nitrogen and oxygen atoms in total. The molecule has 1 aromatic carbocycles. The van der Waals surface area contributed by atoms with Gasteiger partial charge in [-0.1, -0.05) is 11.3 Å². The van der Waals surface area contributed by atoms with Crippen LogP contribution >= 0.6 is 11.3 Å². The van der Waals surface area contributed by atoms with Crippen LogP contribution in [0.5, 0.6) is 5.19 Å². The first-order valence-corrected chi connectivity index (χ1v) is 11.5. The number of rotatable bonds is 5. The molecule has 1 aliphatic carbocycles. The van der Waals surface area contributed by atoms with Gasteiger partial charge in [0.15, 0.2) is 0 Å². The summed E-state index contributed by atoms with van der Waals surface area (Å²) in [6.45, 7) is 7.24. The maximum atomic E-state index is 12.8. The smallest absolute Gasteiger partial charge is 0.410 e. The Labute approximate surface area is 185 Å². The highest BCUT2D eigenvalue weighted by atomic mass is 32.1. The van der Waals surface area contributed by atoms with Gasteiger partial charge < -0.3 is 24.4 Å². The van der Waals surface area contributed by atoms with Gasteiger partial charge in [-0.15, -0.1) is 0 Å². The van der Waals surface area contributed by atoms with E-state index >= 15 is 0 Å². The van der Waals surface area contributed by atoms with E-state index in [0.717, 1.165) is 49.2 Å². The summed E-state index contributed by atoms with van der Waals surface area (Å²) in [5.41, 5.74) is 1.10. The molecule has 0 spiro atoms. The maximum absolute atomic E-state index is 12.8. The highest BCUT2D eigenvalue weighted by Gasteiger charge is 2.41. The third-order valence-corrected chi connectivity index (χ3v) is 6.69. The molecule has 9 heteroatoms. The van der Waals surface area contributed by atoms with Crippen LogP contribution in [0.4, 0.5) is 10.5 Å². The topological polar surface area (TPSA) is 92.2 Å². The number of hydrogen-bond acceptors (Lipinski definition) is 7. The third kappa shape index (κ3) is 4.56. The molecule has 2 heterocycles. The predicted molar refractivity (Wildman–Crippen MR) is 119 cm³/mol. The van der Waals surface area contributed by atoms with Gasteiger partial charge in [0.1, 0.15) is 11.1 Å². The van der Waals surface area contributed by atoms with Gasteiger partial charge in [0.2, 0.25) is 0 Å². The molecule has 1 saturated carbocycles. The normalized spacial score (nSPS) is 17.6. The minimum Gasteiger partial charge on any atom is -0.478 e. The molecule has 168 valence electrons. The van der Waals surface area contributed by atoms with E-state index in [2.05, 4.69) is 9.88 Å². The number of nitrogens with zero attached hydrogens (tertiary/aromatic N) is 3. The number of benzene rings is 1. The average Bonchev–Trinajstić information content (AvgIpc) is 3.42. The number of anilines is 1. The molecule has 4 rings (SSSR count). The third-order valence-electron chi connectivity index (χ3n) is 5.65. The second-order valence-corrected chi connectivity index (χ2v) is 10.1. The molecule has 0 bridgehead atoms. The van der Waals surface area contributed by atoms with Crippen molar-refractivity contribution < 1.29 is 24.2 Å². The number of ether oxygens (including phenoxy) is 2. The van der Waals surface area contributed by atoms with Crippen LogP contribution in [-0.4, -0.2) is 64.9 Å². The standard InChI is InChI=1S/C22H29N3O5S/c1-22(2,3)30-21(28)25(13-5-6-13)14-9-11-24(12-10-14)16-8-7-15(19(26)27)17-18(16)31-20(23-17)29-4/h7-8,13-14H,5-6,9-12H2,1-4H3,(H,26,27). The molecule has 1 amide bonds. The van der Waals surface area contributed by atoms with Crippen molar-refractivity contribution in [1.29, 1.82) is 0 Å². The summed E-state index contributed by atoms with van der Waals surface area (Å²) in [5.74, 6) is -0.999. The Morgan fingerprint density at radius 2 is 1.81 bits per heavy atom. The molecule has 2 fully saturated rings. The van der Waals surface area contributed by atoms with Crippen molar-refractivity contribution in [2.45, 2.75) is 64.1 Å². The van der Waals surface area contributed by atoms with Gasteiger partial charge in [-0.2, -0.15) is 0 Å². The minimum absolute atomic E-state index is 0.156. The fourth-order valence-electron chi connectivity index (χ4n) is 4.13. The first-order valence-electron chi connectivity index (χ1n) is 10.6. The SMILES string of the molecule is COc1nc2c(C(=O)O)ccc(N3CCC(N(C(=O)OC(C)(C)C)C4CC4)CC3)c2s1. The number of thiazole rings is 1. The molecule has 1 saturated heterocycles. The number of methoxy groups -OCH3 is 1. The summed E-state index contributed by atoms with van der Waals surface area (Å²) in [6, 6.07) is 3.92. The van der Waals surface area contributed by atoms with Gasteiger partial charge >= 0.3 is 12.1 Å². The van der Waals surface area contributed by atoms with E-state index in [1.807, 2.05) is 31.7 Å². The number of carboxylic acids is 1. The van der Waals surface area contributed by atoms with Gasteiger partial charge in [0.25, 0.3) is 5.19 Å². The van der Waals surface area contributed by atoms with E-state index in [-0.39, 0.29) is 17.7 Å². The average molecular weight is 448 g/mol. The van der Waals surface area contributed by atoms with E-state index in [1.54, 1.807) is 6.07 Å². The number of carboxylic acid groups (broad SMARTS) is 1. The van der Waals surface area contributed by atoms with E-state index in [0.29, 0.717) is 16.8 Å². The molecule has 0 atom stereocenters. The van der Waals surface area contributed by atoms with Crippen molar-refractivity contribution in [2.24, 2.45) is 0 Å². The zero-order valence-corrected chi connectivity index (χ0v) is 19.2. The van der Waals surface area contributed by atoms with Crippen molar-refractivity contribution in [1.82, 2.24) is 9.88 Å². The van der Waals surface area contributed by atoms with Crippen LogP contribution in [0.1, 0.15) is 56.8 Å². The van der Waals surface area contributed by atoms with Crippen LogP contribution in [0.25, 0.3) is 10.2 Å². The first kappa shape index (κ1) is 21.7. The molecule has 2 aliphatic rings. The van der Waals surface area contributed by atoms with Crippen LogP contribution in [0.15, 0.2) is 12.1 Å². The lowest BCUT2D eigenvalue weighted by atomic mass is 10.0. The van der Waals surface area contributed by atoms with Gasteiger partial charge in [0, 0.05) is 25.2 Å². The molecule has 1 aliphatic heterocycles. The number of aromatic carboxylic acids is 1. The van der Waals surface area contributed by atoms with Crippen molar-refractivity contribution in [3.63, 3.8) is 0 Å². The fourth-order valence-corrected chi connectivity index (χ4v) is 5.08. The van der Waals surface area contributed by atoms with E-state index in [9.17, 15) is 14.7 Å². The molecule has 31 heavy (non-hydrogen) atoms. The lowest BCUT2D eigenvalue weighted by Gasteiger charge is -2.40. The Morgan fingerprint density at radius 1 is 1.16 bits per heavy atom. The minimum atomic E-state index is -0.999. The second kappa shape index (κ2) is 8.18. The summed E-state index contributed by atoms with van der Waals surface area (Å²) in [7, 11) is 1.53. The van der Waals surface area contributed by atoms with Gasteiger partial charge in [-0.05, 0) is 58.6 Å². The summed E-state index contributed by atoms with van der Waals surface area (Å²) >= 11 is 1.36. The molecule has 0 unspecified atom stereocenters. The number of hydrogen-bond donors (Lipinski definition) is 1. The van der Waals surface area contributed by atoms with Gasteiger partial charge in [0.05, 0.1) is 23.1 Å². The quantitative estimate of drug-likeness (QED) is 0.727. The van der Waals surface area contributed by atoms with Crippen LogP contribution in [0.2, 0.25) is 0 Å². The Kier molecular flexibility index (Phi) is 5.72. The predicted octanol–water partition coefficient (Wildman–Crippen LogP) is 4.37. The highest BCUT2D eigenvalue weighted by Crippen LogP contribution is 2.39. The van der Waals surface area contributed by atoms with Gasteiger partial charge in [-0.25, -0.2) is 14.6 Å². The van der Waals surface area contributed by atoms with E-state index < -0.39 is 11.6 Å². The van der Waals surface area contributed by atoms with Crippen molar-refractivity contribution >= 4 is 39.3 Å². The van der Waals surface area contributed by atoms with Crippen LogP contribution < -0.4 is 9.64 Å². The van der Waals surface area contributed by atoms with Crippen LogP contribution in [-0.2, 0) is 4.74 Å². The largest absolute Gasteiger partial charge is 0.478 e. The fraction of sp³-hybridized carbons (Fsp3) is 0.591. The Hall–Kier alpha value is -2.55. The Balaban J connectivity index is 1.53. The molecular formula is C22H29N3O5S. The number of carbonyl (C=O) groups excluding carboxylic acids is 1. The molecule has 1 aromatic heterocycles. The highest BCUT2D eigenvalue weighted by molar-refractivity contribution is 7.20. The number of aromatic nitrogens is 1. The number of amides is 1. The molecular weight excluding hydrogens is 418 g/mol. The lowest BCUT2D eigenvalue weighted by molar-refractivity contribution is 0.0113. The Bertz CT molecular complexity index is 987. The zero-order chi connectivity index (χ0) is 22.3. The lowest BCUT2D eigenvalue weighted by Crippen LogP contribution is -2.50. The Morgan fingerprint density at radius 3 is 2.35 bits per heavy atom. The second-order valence-electron chi connectivity index (χ2n) is 9.14. The molecule has 1 N–H and O–H groups in total. The van der Waals surface area contributed by atoms with Crippen LogP contribution in [0, 0.1) is 0 Å². The number of carbonyl (C=O) groups is 2. The monoisotopic (exact) mass is 447 g/mol. The van der Waals surface area contributed by atoms with E-state index in [1.165, 1.54) is 18.4 Å². The zero-order valence-electron chi connectivity index (χ0n) is 18.4. The van der Waals surface area contributed by atoms with E-state index in [4.69, 9.17) is 9.47 Å². The van der Waals surface area contributed by atoms with Crippen molar-refractivity contribution in [3.05, 3.63) is 17.7 Å². The van der Waals surface area contributed by atoms with Crippen molar-refractivity contribution in [2.75, 3.05) is 25.1 Å². The molecule has 0 radical (unpaired) electrons. The van der Waals surface area contributed by atoms with Gasteiger partial charge in [-0.3, -0.25) is 0 Å². The number of fused-ring (bicyclic) bond motifs is 1. The summed E-state index contributed by atoms with van der Waals surface area (Å²) in [5, 5.41) is 9.96.